The SMILES string of the molecule is Cc1cc(N2CCC(CN(C)C)CC2)c([C@@H](C)N)cc1F. The Bertz CT molecular complexity index is 477. The second-order valence-corrected chi connectivity index (χ2v) is 6.64. The van der Waals surface area contributed by atoms with Crippen molar-refractivity contribution in [2.24, 2.45) is 11.7 Å². The van der Waals surface area contributed by atoms with Crippen LogP contribution in [0.3, 0.4) is 0 Å². The molecule has 1 aromatic rings. The standard InChI is InChI=1S/C17H28FN3/c1-12-9-17(15(13(2)19)10-16(12)18)21-7-5-14(6-8-21)11-20(3)4/h9-10,13-14H,5-8,11,19H2,1-4H3/t13-/m1/s1. The zero-order chi connectivity index (χ0) is 15.6. The third kappa shape index (κ3) is 3.95. The van der Waals surface area contributed by atoms with Gasteiger partial charge in [0.1, 0.15) is 5.82 Å². The number of halogens is 1. The van der Waals surface area contributed by atoms with Crippen LogP contribution in [0.1, 0.15) is 36.9 Å². The van der Waals surface area contributed by atoms with Crippen LogP contribution in [0.4, 0.5) is 10.1 Å². The zero-order valence-electron chi connectivity index (χ0n) is 13.7. The number of nitrogens with zero attached hydrogens (tertiary/aromatic N) is 2. The monoisotopic (exact) mass is 293 g/mol. The fourth-order valence-electron chi connectivity index (χ4n) is 3.19. The van der Waals surface area contributed by atoms with Crippen LogP contribution in [-0.4, -0.2) is 38.6 Å². The van der Waals surface area contributed by atoms with E-state index in [1.165, 1.54) is 12.8 Å². The molecule has 1 aliphatic heterocycles. The summed E-state index contributed by atoms with van der Waals surface area (Å²) >= 11 is 0. The molecule has 118 valence electrons. The van der Waals surface area contributed by atoms with E-state index in [0.717, 1.165) is 36.8 Å². The van der Waals surface area contributed by atoms with Gasteiger partial charge in [-0.3, -0.25) is 0 Å². The van der Waals surface area contributed by atoms with Gasteiger partial charge in [0.15, 0.2) is 0 Å². The van der Waals surface area contributed by atoms with Crippen molar-refractivity contribution in [1.82, 2.24) is 4.90 Å². The van der Waals surface area contributed by atoms with Gasteiger partial charge in [0.05, 0.1) is 0 Å². The molecule has 0 aromatic heterocycles. The summed E-state index contributed by atoms with van der Waals surface area (Å²) in [6.07, 6.45) is 2.37. The number of rotatable bonds is 4. The van der Waals surface area contributed by atoms with Crippen molar-refractivity contribution in [2.45, 2.75) is 32.7 Å². The minimum absolute atomic E-state index is 0.144. The Labute approximate surface area is 127 Å². The highest BCUT2D eigenvalue weighted by atomic mass is 19.1. The Morgan fingerprint density at radius 3 is 2.48 bits per heavy atom. The molecule has 3 nitrogen and oxygen atoms in total. The Kier molecular flexibility index (Phi) is 5.22. The van der Waals surface area contributed by atoms with Crippen LogP contribution >= 0.6 is 0 Å². The van der Waals surface area contributed by atoms with Crippen LogP contribution in [0, 0.1) is 18.7 Å². The second kappa shape index (κ2) is 6.75. The van der Waals surface area contributed by atoms with E-state index >= 15 is 0 Å². The normalized spacial score (nSPS) is 18.3. The van der Waals surface area contributed by atoms with E-state index in [1.807, 2.05) is 19.9 Å². The van der Waals surface area contributed by atoms with Crippen LogP contribution < -0.4 is 10.6 Å². The lowest BCUT2D eigenvalue weighted by Crippen LogP contribution is -2.37. The minimum Gasteiger partial charge on any atom is -0.371 e. The first kappa shape index (κ1) is 16.2. The maximum absolute atomic E-state index is 13.8. The largest absolute Gasteiger partial charge is 0.371 e. The molecule has 0 amide bonds. The fourth-order valence-corrected chi connectivity index (χ4v) is 3.19. The van der Waals surface area contributed by atoms with Crippen molar-refractivity contribution in [1.29, 1.82) is 0 Å². The molecule has 1 aliphatic rings. The van der Waals surface area contributed by atoms with Gasteiger partial charge in [0, 0.05) is 31.4 Å². The number of benzene rings is 1. The number of hydrogen-bond acceptors (Lipinski definition) is 3. The van der Waals surface area contributed by atoms with Crippen molar-refractivity contribution < 1.29 is 4.39 Å². The Balaban J connectivity index is 2.14. The van der Waals surface area contributed by atoms with E-state index in [1.54, 1.807) is 6.07 Å². The van der Waals surface area contributed by atoms with E-state index in [2.05, 4.69) is 23.9 Å². The molecule has 1 aromatic carbocycles. The van der Waals surface area contributed by atoms with Gasteiger partial charge in [0.2, 0.25) is 0 Å². The van der Waals surface area contributed by atoms with Crippen molar-refractivity contribution in [3.63, 3.8) is 0 Å². The summed E-state index contributed by atoms with van der Waals surface area (Å²) in [5, 5.41) is 0. The molecule has 2 N–H and O–H groups in total. The predicted molar refractivity (Wildman–Crippen MR) is 87.2 cm³/mol. The Hall–Kier alpha value is -1.13. The van der Waals surface area contributed by atoms with Gasteiger partial charge < -0.3 is 15.5 Å². The first-order valence-corrected chi connectivity index (χ1v) is 7.83. The average Bonchev–Trinajstić information content (AvgIpc) is 2.41. The van der Waals surface area contributed by atoms with E-state index in [-0.39, 0.29) is 11.9 Å². The van der Waals surface area contributed by atoms with Crippen molar-refractivity contribution in [3.05, 3.63) is 29.1 Å². The Morgan fingerprint density at radius 1 is 1.33 bits per heavy atom. The first-order chi connectivity index (χ1) is 9.88. The molecule has 0 bridgehead atoms. The molecule has 1 heterocycles. The molecule has 1 fully saturated rings. The summed E-state index contributed by atoms with van der Waals surface area (Å²) in [7, 11) is 4.26. The summed E-state index contributed by atoms with van der Waals surface area (Å²) < 4.78 is 13.8. The average molecular weight is 293 g/mol. The van der Waals surface area contributed by atoms with E-state index in [4.69, 9.17) is 5.73 Å². The summed E-state index contributed by atoms with van der Waals surface area (Å²) in [5.41, 5.74) is 8.77. The number of anilines is 1. The lowest BCUT2D eigenvalue weighted by Gasteiger charge is -2.36. The highest BCUT2D eigenvalue weighted by molar-refractivity contribution is 5.57. The summed E-state index contributed by atoms with van der Waals surface area (Å²) in [5.74, 6) is 0.602. The maximum Gasteiger partial charge on any atom is 0.126 e. The second-order valence-electron chi connectivity index (χ2n) is 6.64. The molecule has 0 saturated carbocycles. The van der Waals surface area contributed by atoms with Crippen LogP contribution in [0.2, 0.25) is 0 Å². The summed E-state index contributed by atoms with van der Waals surface area (Å²) in [6, 6.07) is 3.43. The number of hydrogen-bond donors (Lipinski definition) is 1. The van der Waals surface area contributed by atoms with Gasteiger partial charge in [-0.25, -0.2) is 4.39 Å². The molecule has 1 atom stereocenters. The molecule has 2 rings (SSSR count). The molecular weight excluding hydrogens is 265 g/mol. The third-order valence-electron chi connectivity index (χ3n) is 4.38. The molecule has 4 heteroatoms. The highest BCUT2D eigenvalue weighted by Crippen LogP contribution is 2.31. The Morgan fingerprint density at radius 2 is 1.95 bits per heavy atom. The van der Waals surface area contributed by atoms with Gasteiger partial charge in [-0.1, -0.05) is 0 Å². The molecule has 0 unspecified atom stereocenters. The zero-order valence-corrected chi connectivity index (χ0v) is 13.7. The first-order valence-electron chi connectivity index (χ1n) is 7.83. The predicted octanol–water partition coefficient (Wildman–Crippen LogP) is 2.93. The lowest BCUT2D eigenvalue weighted by molar-refractivity contribution is 0.285. The number of nitrogens with two attached hydrogens (primary N) is 1. The fraction of sp³-hybridized carbons (Fsp3) is 0.647. The minimum atomic E-state index is -0.159. The van der Waals surface area contributed by atoms with Crippen LogP contribution in [0.5, 0.6) is 0 Å². The smallest absolute Gasteiger partial charge is 0.126 e. The van der Waals surface area contributed by atoms with Crippen molar-refractivity contribution in [3.8, 4) is 0 Å². The van der Waals surface area contributed by atoms with Gasteiger partial charge in [-0.15, -0.1) is 0 Å². The van der Waals surface area contributed by atoms with Gasteiger partial charge in [0.25, 0.3) is 0 Å². The molecular formula is C17H28FN3. The molecule has 1 saturated heterocycles. The van der Waals surface area contributed by atoms with E-state index in [9.17, 15) is 4.39 Å². The maximum atomic E-state index is 13.8. The third-order valence-corrected chi connectivity index (χ3v) is 4.38. The van der Waals surface area contributed by atoms with Crippen LogP contribution in [-0.2, 0) is 0 Å². The molecule has 0 spiro atoms. The van der Waals surface area contributed by atoms with Crippen LogP contribution in [0.25, 0.3) is 0 Å². The lowest BCUT2D eigenvalue weighted by atomic mass is 9.94. The van der Waals surface area contributed by atoms with Gasteiger partial charge in [-0.2, -0.15) is 0 Å². The highest BCUT2D eigenvalue weighted by Gasteiger charge is 2.23. The summed E-state index contributed by atoms with van der Waals surface area (Å²) in [6.45, 7) is 6.96. The van der Waals surface area contributed by atoms with Gasteiger partial charge >= 0.3 is 0 Å². The summed E-state index contributed by atoms with van der Waals surface area (Å²) in [4.78, 5) is 4.63. The molecule has 21 heavy (non-hydrogen) atoms. The topological polar surface area (TPSA) is 32.5 Å². The van der Waals surface area contributed by atoms with Crippen molar-refractivity contribution >= 4 is 5.69 Å². The van der Waals surface area contributed by atoms with Gasteiger partial charge in [-0.05, 0) is 70.0 Å². The van der Waals surface area contributed by atoms with E-state index in [0.29, 0.717) is 5.56 Å². The quantitative estimate of drug-likeness (QED) is 0.926. The van der Waals surface area contributed by atoms with E-state index < -0.39 is 0 Å². The molecule has 0 radical (unpaired) electrons. The van der Waals surface area contributed by atoms with Crippen LogP contribution in [0.15, 0.2) is 12.1 Å². The molecule has 0 aliphatic carbocycles. The number of piperidine rings is 1. The number of aryl methyl sites for hydroxylation is 1. The van der Waals surface area contributed by atoms with Crippen molar-refractivity contribution in [2.75, 3.05) is 38.6 Å².